The molecule has 0 radical (unpaired) electrons. The number of nitro benzene ring substituents is 2. The van der Waals surface area contributed by atoms with Gasteiger partial charge in [0.25, 0.3) is 0 Å². The topological polar surface area (TPSA) is 121 Å². The molecule has 0 amide bonds. The molecule has 22 heavy (non-hydrogen) atoms. The minimum Gasteiger partial charge on any atom is -0.358 e. The highest BCUT2D eigenvalue weighted by Gasteiger charge is 2.35. The van der Waals surface area contributed by atoms with E-state index in [9.17, 15) is 20.2 Å². The van der Waals surface area contributed by atoms with Crippen LogP contribution in [0.2, 0.25) is 0 Å². The van der Waals surface area contributed by atoms with Crippen molar-refractivity contribution in [2.24, 2.45) is 0 Å². The Hall–Kier alpha value is -2.75. The third-order valence-electron chi connectivity index (χ3n) is 3.84. The van der Waals surface area contributed by atoms with Gasteiger partial charge in [0.05, 0.1) is 21.7 Å². The smallest absolute Gasteiger partial charge is 0.327 e. The van der Waals surface area contributed by atoms with Crippen molar-refractivity contribution >= 4 is 28.1 Å². The van der Waals surface area contributed by atoms with E-state index in [1.807, 2.05) is 7.05 Å². The molecule has 0 spiro atoms. The molecule has 1 saturated heterocycles. The van der Waals surface area contributed by atoms with E-state index in [2.05, 4.69) is 14.9 Å². The zero-order chi connectivity index (χ0) is 15.9. The zero-order valence-electron chi connectivity index (χ0n) is 11.9. The molecule has 3 rings (SSSR count). The fraction of sp³-hybridized carbons (Fsp3) is 0.417. The molecule has 1 aliphatic heterocycles. The monoisotopic (exact) mass is 306 g/mol. The molecule has 1 aromatic carbocycles. The van der Waals surface area contributed by atoms with Crippen molar-refractivity contribution in [3.8, 4) is 0 Å². The molecule has 0 bridgehead atoms. The first-order valence-electron chi connectivity index (χ1n) is 6.71. The standard InChI is InChI=1S/C12H14N6O4/c1-15-2-4-16(5-3-15)11-9(17(19)20)6-8-10(14-7-13-8)12(11)18(21)22/h6-7H,2-5H2,1H3,(H,13,14). The number of piperazine rings is 1. The number of likely N-dealkylation sites (N-methyl/N-ethyl adjacent to an activating group) is 1. The highest BCUT2D eigenvalue weighted by molar-refractivity contribution is 5.97. The lowest BCUT2D eigenvalue weighted by molar-refractivity contribution is -0.391. The van der Waals surface area contributed by atoms with Gasteiger partial charge in [0, 0.05) is 32.2 Å². The maximum Gasteiger partial charge on any atom is 0.327 e. The van der Waals surface area contributed by atoms with Crippen LogP contribution in [0.25, 0.3) is 11.0 Å². The third-order valence-corrected chi connectivity index (χ3v) is 3.84. The molecule has 116 valence electrons. The zero-order valence-corrected chi connectivity index (χ0v) is 11.9. The SMILES string of the molecule is CN1CCN(c2c([N+](=O)[O-])cc3[nH]cnc3c2[N+](=O)[O-])CC1. The Balaban J connectivity index is 2.24. The Morgan fingerprint density at radius 2 is 1.86 bits per heavy atom. The number of rotatable bonds is 3. The number of hydrogen-bond acceptors (Lipinski definition) is 7. The lowest BCUT2D eigenvalue weighted by Crippen LogP contribution is -2.44. The minimum absolute atomic E-state index is 0.0442. The molecule has 1 aliphatic rings. The number of anilines is 1. The first-order valence-corrected chi connectivity index (χ1v) is 6.71. The summed E-state index contributed by atoms with van der Waals surface area (Å²) in [4.78, 5) is 32.1. The number of nitrogens with zero attached hydrogens (tertiary/aromatic N) is 5. The van der Waals surface area contributed by atoms with Crippen LogP contribution in [-0.4, -0.2) is 57.9 Å². The number of hydrogen-bond donors (Lipinski definition) is 1. The van der Waals surface area contributed by atoms with E-state index in [1.165, 1.54) is 12.4 Å². The molecule has 10 nitrogen and oxygen atoms in total. The number of nitro groups is 2. The van der Waals surface area contributed by atoms with Crippen molar-refractivity contribution in [1.29, 1.82) is 0 Å². The summed E-state index contributed by atoms with van der Waals surface area (Å²) in [5.74, 6) is 0. The van der Waals surface area contributed by atoms with Crippen molar-refractivity contribution < 1.29 is 9.85 Å². The summed E-state index contributed by atoms with van der Waals surface area (Å²) in [5.41, 5.74) is -0.105. The maximum atomic E-state index is 11.5. The quantitative estimate of drug-likeness (QED) is 0.666. The Morgan fingerprint density at radius 3 is 2.45 bits per heavy atom. The van der Waals surface area contributed by atoms with Gasteiger partial charge in [-0.2, -0.15) is 0 Å². The number of H-pyrrole nitrogens is 1. The number of imidazole rings is 1. The van der Waals surface area contributed by atoms with Crippen LogP contribution in [0.5, 0.6) is 0 Å². The van der Waals surface area contributed by atoms with Gasteiger partial charge in [0.1, 0.15) is 0 Å². The van der Waals surface area contributed by atoms with Crippen molar-refractivity contribution in [3.05, 3.63) is 32.6 Å². The van der Waals surface area contributed by atoms with Gasteiger partial charge in [-0.15, -0.1) is 0 Å². The number of aromatic nitrogens is 2. The van der Waals surface area contributed by atoms with E-state index < -0.39 is 9.85 Å². The molecule has 10 heteroatoms. The Labute approximate surface area is 124 Å². The average molecular weight is 306 g/mol. The van der Waals surface area contributed by atoms with Gasteiger partial charge in [-0.3, -0.25) is 20.2 Å². The Kier molecular flexibility index (Phi) is 3.37. The normalized spacial score (nSPS) is 16.1. The predicted octanol–water partition coefficient (Wildman–Crippen LogP) is 1.13. The van der Waals surface area contributed by atoms with Crippen LogP contribution < -0.4 is 4.90 Å². The number of fused-ring (bicyclic) bond motifs is 1. The molecule has 0 atom stereocenters. The van der Waals surface area contributed by atoms with E-state index in [0.29, 0.717) is 26.2 Å². The summed E-state index contributed by atoms with van der Waals surface area (Å²) in [6.45, 7) is 2.36. The van der Waals surface area contributed by atoms with Gasteiger partial charge in [-0.05, 0) is 7.05 Å². The van der Waals surface area contributed by atoms with Gasteiger partial charge in [0.15, 0.2) is 11.2 Å². The number of benzene rings is 1. The number of aromatic amines is 1. The van der Waals surface area contributed by atoms with Crippen molar-refractivity contribution in [2.45, 2.75) is 0 Å². The van der Waals surface area contributed by atoms with Crippen LogP contribution in [0.1, 0.15) is 0 Å². The summed E-state index contributed by atoms with van der Waals surface area (Å²) in [5, 5.41) is 22.9. The van der Waals surface area contributed by atoms with E-state index >= 15 is 0 Å². The molecule has 1 fully saturated rings. The van der Waals surface area contributed by atoms with Gasteiger partial charge in [-0.1, -0.05) is 0 Å². The summed E-state index contributed by atoms with van der Waals surface area (Å²) in [6, 6.07) is 1.31. The average Bonchev–Trinajstić information content (AvgIpc) is 2.93. The molecule has 0 saturated carbocycles. The van der Waals surface area contributed by atoms with E-state index in [4.69, 9.17) is 0 Å². The van der Waals surface area contributed by atoms with Crippen molar-refractivity contribution in [2.75, 3.05) is 38.1 Å². The van der Waals surface area contributed by atoms with Gasteiger partial charge in [-0.25, -0.2) is 4.98 Å². The van der Waals surface area contributed by atoms with Gasteiger partial charge in [0.2, 0.25) is 0 Å². The van der Waals surface area contributed by atoms with Crippen LogP contribution in [-0.2, 0) is 0 Å². The number of nitrogens with one attached hydrogen (secondary N) is 1. The second-order valence-corrected chi connectivity index (χ2v) is 5.20. The van der Waals surface area contributed by atoms with Crippen molar-refractivity contribution in [3.63, 3.8) is 0 Å². The summed E-state index contributed by atoms with van der Waals surface area (Å²) in [6.07, 6.45) is 1.30. The lowest BCUT2D eigenvalue weighted by Gasteiger charge is -2.33. The third kappa shape index (κ3) is 2.22. The first-order chi connectivity index (χ1) is 10.5. The summed E-state index contributed by atoms with van der Waals surface area (Å²) in [7, 11) is 1.94. The Morgan fingerprint density at radius 1 is 1.18 bits per heavy atom. The maximum absolute atomic E-state index is 11.5. The van der Waals surface area contributed by atoms with Crippen LogP contribution in [0.4, 0.5) is 17.1 Å². The molecular weight excluding hydrogens is 292 g/mol. The van der Waals surface area contributed by atoms with Crippen LogP contribution >= 0.6 is 0 Å². The Bertz CT molecular complexity index is 749. The second-order valence-electron chi connectivity index (χ2n) is 5.20. The second kappa shape index (κ2) is 5.22. The molecule has 0 aliphatic carbocycles. The van der Waals surface area contributed by atoms with Gasteiger partial charge < -0.3 is 14.8 Å². The van der Waals surface area contributed by atoms with Crippen molar-refractivity contribution in [1.82, 2.24) is 14.9 Å². The minimum atomic E-state index is -0.593. The van der Waals surface area contributed by atoms with E-state index in [1.54, 1.807) is 4.90 Å². The summed E-state index contributed by atoms with van der Waals surface area (Å²) < 4.78 is 0. The van der Waals surface area contributed by atoms with Gasteiger partial charge >= 0.3 is 11.4 Å². The molecule has 2 heterocycles. The molecule has 1 aromatic heterocycles. The highest BCUT2D eigenvalue weighted by Crippen LogP contribution is 2.42. The van der Waals surface area contributed by atoms with E-state index in [-0.39, 0.29) is 28.1 Å². The first kappa shape index (κ1) is 14.2. The van der Waals surface area contributed by atoms with Crippen LogP contribution in [0.3, 0.4) is 0 Å². The molecule has 1 N–H and O–H groups in total. The summed E-state index contributed by atoms with van der Waals surface area (Å²) >= 11 is 0. The predicted molar refractivity (Wildman–Crippen MR) is 79.1 cm³/mol. The van der Waals surface area contributed by atoms with E-state index in [0.717, 1.165) is 0 Å². The molecule has 0 unspecified atom stereocenters. The fourth-order valence-electron chi connectivity index (χ4n) is 2.70. The van der Waals surface area contributed by atoms with Crippen LogP contribution in [0.15, 0.2) is 12.4 Å². The fourth-order valence-corrected chi connectivity index (χ4v) is 2.70. The largest absolute Gasteiger partial charge is 0.358 e. The molecule has 2 aromatic rings. The highest BCUT2D eigenvalue weighted by atomic mass is 16.6. The molecular formula is C12H14N6O4. The lowest BCUT2D eigenvalue weighted by atomic mass is 10.1. The van der Waals surface area contributed by atoms with Crippen LogP contribution in [0, 0.1) is 20.2 Å².